The van der Waals surface area contributed by atoms with Gasteiger partial charge in [0.05, 0.1) is 0 Å². The van der Waals surface area contributed by atoms with E-state index in [1.165, 1.54) is 5.56 Å². The molecule has 0 aliphatic heterocycles. The number of aryl methyl sites for hydroxylation is 1. The lowest BCUT2D eigenvalue weighted by Crippen LogP contribution is -2.10. The molecule has 1 N–H and O–H groups in total. The van der Waals surface area contributed by atoms with Gasteiger partial charge in [0.1, 0.15) is 0 Å². The lowest BCUT2D eigenvalue weighted by atomic mass is 10.1. The van der Waals surface area contributed by atoms with Crippen molar-refractivity contribution in [3.63, 3.8) is 0 Å². The third kappa shape index (κ3) is 3.24. The van der Waals surface area contributed by atoms with Gasteiger partial charge < -0.3 is 10.2 Å². The Balaban J connectivity index is 2.33. The predicted molar refractivity (Wildman–Crippen MR) is 78.6 cm³/mol. The zero-order valence-corrected chi connectivity index (χ0v) is 12.3. The zero-order valence-electron chi connectivity index (χ0n) is 10.8. The summed E-state index contributed by atoms with van der Waals surface area (Å²) in [4.78, 5) is 6.04. The van der Waals surface area contributed by atoms with E-state index in [2.05, 4.69) is 27.4 Å². The van der Waals surface area contributed by atoms with Crippen LogP contribution in [0.3, 0.4) is 0 Å². The molecule has 5 nitrogen and oxygen atoms in total. The summed E-state index contributed by atoms with van der Waals surface area (Å²) in [7, 11) is 3.98. The number of halogens is 2. The molecule has 0 aliphatic rings. The Labute approximate surface area is 121 Å². The molecule has 2 rings (SSSR count). The Morgan fingerprint density at radius 2 is 1.89 bits per heavy atom. The highest BCUT2D eigenvalue weighted by Gasteiger charge is 2.08. The van der Waals surface area contributed by atoms with E-state index >= 15 is 0 Å². The second-order valence-corrected chi connectivity index (χ2v) is 4.94. The van der Waals surface area contributed by atoms with Crippen LogP contribution < -0.4 is 10.2 Å². The summed E-state index contributed by atoms with van der Waals surface area (Å²) in [6.45, 7) is 2.05. The molecule has 0 atom stereocenters. The van der Waals surface area contributed by atoms with Crippen LogP contribution >= 0.6 is 23.2 Å². The molecule has 1 aromatic heterocycles. The van der Waals surface area contributed by atoms with Gasteiger partial charge in [-0.15, -0.1) is 10.2 Å². The van der Waals surface area contributed by atoms with Crippen LogP contribution in [0, 0.1) is 6.92 Å². The maximum Gasteiger partial charge on any atom is 0.245 e. The molecule has 1 aromatic carbocycles. The molecule has 0 unspecified atom stereocenters. The summed E-state index contributed by atoms with van der Waals surface area (Å²) >= 11 is 11.6. The number of nitrogens with zero attached hydrogens (tertiary/aromatic N) is 4. The highest BCUT2D eigenvalue weighted by molar-refractivity contribution is 6.32. The second kappa shape index (κ2) is 5.59. The van der Waals surface area contributed by atoms with Crippen molar-refractivity contribution >= 4 is 40.4 Å². The van der Waals surface area contributed by atoms with Gasteiger partial charge in [0.2, 0.25) is 5.28 Å². The molecule has 0 radical (unpaired) electrons. The Hall–Kier alpha value is -1.59. The standard InChI is InChI=1S/C12H13Cl2N5/c1-7-4-5-8(6-9(7)19(2)3)15-11-10(13)17-18-12(14)16-11/h4-6H,1-3H3,(H,15,16,18). The third-order valence-corrected chi connectivity index (χ3v) is 2.99. The monoisotopic (exact) mass is 297 g/mol. The van der Waals surface area contributed by atoms with Crippen molar-refractivity contribution in [2.24, 2.45) is 0 Å². The lowest BCUT2D eigenvalue weighted by Gasteiger charge is -2.17. The molecule has 7 heteroatoms. The number of hydrogen-bond acceptors (Lipinski definition) is 5. The summed E-state index contributed by atoms with van der Waals surface area (Å²) < 4.78 is 0. The van der Waals surface area contributed by atoms with Gasteiger partial charge >= 0.3 is 0 Å². The van der Waals surface area contributed by atoms with Gasteiger partial charge in [0.25, 0.3) is 0 Å². The largest absolute Gasteiger partial charge is 0.377 e. The van der Waals surface area contributed by atoms with Crippen molar-refractivity contribution in [2.45, 2.75) is 6.92 Å². The fraction of sp³-hybridized carbons (Fsp3) is 0.250. The van der Waals surface area contributed by atoms with E-state index in [4.69, 9.17) is 23.2 Å². The Kier molecular flexibility index (Phi) is 4.07. The minimum absolute atomic E-state index is 0.0480. The highest BCUT2D eigenvalue weighted by atomic mass is 35.5. The van der Waals surface area contributed by atoms with Gasteiger partial charge in [-0.2, -0.15) is 4.98 Å². The van der Waals surface area contributed by atoms with E-state index in [0.717, 1.165) is 11.4 Å². The van der Waals surface area contributed by atoms with Crippen molar-refractivity contribution in [3.8, 4) is 0 Å². The normalized spacial score (nSPS) is 10.4. The predicted octanol–water partition coefficient (Wildman–Crippen LogP) is 3.30. The number of nitrogens with one attached hydrogen (secondary N) is 1. The van der Waals surface area contributed by atoms with Crippen LogP contribution in [0.1, 0.15) is 5.56 Å². The van der Waals surface area contributed by atoms with Gasteiger partial charge in [-0.3, -0.25) is 0 Å². The molecule has 0 fully saturated rings. The van der Waals surface area contributed by atoms with Crippen LogP contribution in [0.4, 0.5) is 17.2 Å². The van der Waals surface area contributed by atoms with Crippen molar-refractivity contribution in [1.82, 2.24) is 15.2 Å². The van der Waals surface area contributed by atoms with Crippen LogP contribution in [-0.4, -0.2) is 29.3 Å². The van der Waals surface area contributed by atoms with Gasteiger partial charge in [0, 0.05) is 25.5 Å². The van der Waals surface area contributed by atoms with E-state index in [9.17, 15) is 0 Å². The first-order valence-corrected chi connectivity index (χ1v) is 6.33. The molecular weight excluding hydrogens is 285 g/mol. The summed E-state index contributed by atoms with van der Waals surface area (Å²) in [5.41, 5.74) is 3.14. The topological polar surface area (TPSA) is 53.9 Å². The molecule has 0 spiro atoms. The van der Waals surface area contributed by atoms with Gasteiger partial charge in [-0.25, -0.2) is 0 Å². The van der Waals surface area contributed by atoms with Crippen molar-refractivity contribution in [3.05, 3.63) is 34.2 Å². The molecule has 19 heavy (non-hydrogen) atoms. The maximum atomic E-state index is 5.91. The SMILES string of the molecule is Cc1ccc(Nc2nc(Cl)nnc2Cl)cc1N(C)C. The number of rotatable bonds is 3. The van der Waals surface area contributed by atoms with E-state index in [1.807, 2.05) is 37.2 Å². The van der Waals surface area contributed by atoms with Crippen molar-refractivity contribution in [2.75, 3.05) is 24.3 Å². The van der Waals surface area contributed by atoms with E-state index in [-0.39, 0.29) is 10.4 Å². The fourth-order valence-electron chi connectivity index (χ4n) is 1.68. The molecule has 2 aromatic rings. The molecule has 0 saturated carbocycles. The summed E-state index contributed by atoms with van der Waals surface area (Å²) in [5, 5.41) is 10.6. The summed E-state index contributed by atoms with van der Waals surface area (Å²) in [5.74, 6) is 0.384. The first-order chi connectivity index (χ1) is 8.97. The lowest BCUT2D eigenvalue weighted by molar-refractivity contribution is 0.974. The van der Waals surface area contributed by atoms with Crippen LogP contribution in [0.2, 0.25) is 10.4 Å². The maximum absolute atomic E-state index is 5.91. The Bertz CT molecular complexity index is 601. The number of benzene rings is 1. The average Bonchev–Trinajstić information content (AvgIpc) is 2.36. The number of anilines is 3. The second-order valence-electron chi connectivity index (χ2n) is 4.24. The molecule has 0 aliphatic carbocycles. The van der Waals surface area contributed by atoms with Gasteiger partial charge in [0.15, 0.2) is 11.0 Å². The number of hydrogen-bond donors (Lipinski definition) is 1. The third-order valence-electron chi connectivity index (χ3n) is 2.57. The van der Waals surface area contributed by atoms with Crippen LogP contribution in [0.5, 0.6) is 0 Å². The van der Waals surface area contributed by atoms with Crippen molar-refractivity contribution < 1.29 is 0 Å². The zero-order chi connectivity index (χ0) is 14.0. The average molecular weight is 298 g/mol. The minimum atomic E-state index is 0.0480. The molecule has 100 valence electrons. The van der Waals surface area contributed by atoms with Gasteiger partial charge in [-0.1, -0.05) is 17.7 Å². The first kappa shape index (κ1) is 13.8. The Morgan fingerprint density at radius 3 is 2.58 bits per heavy atom. The molecule has 0 amide bonds. The fourth-order valence-corrected chi connectivity index (χ4v) is 1.93. The van der Waals surface area contributed by atoms with E-state index < -0.39 is 0 Å². The Morgan fingerprint density at radius 1 is 1.16 bits per heavy atom. The van der Waals surface area contributed by atoms with Crippen LogP contribution in [0.25, 0.3) is 0 Å². The molecule has 0 saturated heterocycles. The first-order valence-electron chi connectivity index (χ1n) is 5.58. The molecular formula is C12H13Cl2N5. The van der Waals surface area contributed by atoms with Gasteiger partial charge in [-0.05, 0) is 36.2 Å². The summed E-state index contributed by atoms with van der Waals surface area (Å²) in [6.07, 6.45) is 0. The van der Waals surface area contributed by atoms with Crippen LogP contribution in [0.15, 0.2) is 18.2 Å². The van der Waals surface area contributed by atoms with Crippen LogP contribution in [-0.2, 0) is 0 Å². The molecule has 0 bridgehead atoms. The smallest absolute Gasteiger partial charge is 0.245 e. The van der Waals surface area contributed by atoms with E-state index in [0.29, 0.717) is 5.82 Å². The quantitative estimate of drug-likeness (QED) is 0.942. The highest BCUT2D eigenvalue weighted by Crippen LogP contribution is 2.26. The number of aromatic nitrogens is 3. The van der Waals surface area contributed by atoms with E-state index in [1.54, 1.807) is 0 Å². The molecule has 1 heterocycles. The summed E-state index contributed by atoms with van der Waals surface area (Å²) in [6, 6.07) is 5.96. The van der Waals surface area contributed by atoms with Crippen molar-refractivity contribution in [1.29, 1.82) is 0 Å². The minimum Gasteiger partial charge on any atom is -0.377 e.